The van der Waals surface area contributed by atoms with E-state index in [0.717, 1.165) is 50.0 Å². The van der Waals surface area contributed by atoms with Crippen molar-refractivity contribution in [2.24, 2.45) is 14.1 Å². The maximum atomic E-state index is 13.4. The number of ether oxygens (including phenoxy) is 1. The summed E-state index contributed by atoms with van der Waals surface area (Å²) in [5.41, 5.74) is 6.39. The molecular formula is C24H28N6O2. The third-order valence-electron chi connectivity index (χ3n) is 5.57. The summed E-state index contributed by atoms with van der Waals surface area (Å²) in [4.78, 5) is 19.9. The first-order valence-corrected chi connectivity index (χ1v) is 10.3. The Kier molecular flexibility index (Phi) is 5.16. The number of pyridine rings is 1. The van der Waals surface area contributed by atoms with Crippen LogP contribution in [0.25, 0.3) is 38.8 Å². The quantitative estimate of drug-likeness (QED) is 0.451. The largest absolute Gasteiger partial charge is 0.496 e. The molecule has 0 saturated carbocycles. The molecule has 1 aromatic carbocycles. The van der Waals surface area contributed by atoms with Gasteiger partial charge in [-0.25, -0.2) is 4.79 Å². The maximum Gasteiger partial charge on any atom is 0.333 e. The van der Waals surface area contributed by atoms with Crippen LogP contribution in [0.4, 0.5) is 0 Å². The van der Waals surface area contributed by atoms with Crippen molar-refractivity contribution in [1.29, 1.82) is 0 Å². The molecule has 0 aliphatic heterocycles. The van der Waals surface area contributed by atoms with E-state index < -0.39 is 0 Å². The molecule has 3 heterocycles. The van der Waals surface area contributed by atoms with Gasteiger partial charge >= 0.3 is 5.69 Å². The summed E-state index contributed by atoms with van der Waals surface area (Å²) in [5.74, 6) is 0.703. The number of benzene rings is 1. The molecule has 0 fully saturated rings. The van der Waals surface area contributed by atoms with Gasteiger partial charge < -0.3 is 9.64 Å². The van der Waals surface area contributed by atoms with Crippen LogP contribution in [0.15, 0.2) is 47.7 Å². The lowest BCUT2D eigenvalue weighted by atomic mass is 10.0. The highest BCUT2D eigenvalue weighted by Crippen LogP contribution is 2.37. The Morgan fingerprint density at radius 2 is 1.94 bits per heavy atom. The zero-order valence-electron chi connectivity index (χ0n) is 19.6. The molecular weight excluding hydrogens is 404 g/mol. The molecule has 0 radical (unpaired) electrons. The molecule has 8 heteroatoms. The van der Waals surface area contributed by atoms with Gasteiger partial charge in [-0.05, 0) is 25.5 Å². The number of hydrogen-bond acceptors (Lipinski definition) is 5. The first-order chi connectivity index (χ1) is 15.1. The summed E-state index contributed by atoms with van der Waals surface area (Å²) in [5, 5.41) is 5.34. The zero-order valence-corrected chi connectivity index (χ0v) is 19.6. The first-order valence-electron chi connectivity index (χ1n) is 10.3. The van der Waals surface area contributed by atoms with Crippen molar-refractivity contribution in [2.45, 2.75) is 13.8 Å². The van der Waals surface area contributed by atoms with Gasteiger partial charge in [0, 0.05) is 63.2 Å². The Labute approximate surface area is 186 Å². The Morgan fingerprint density at radius 1 is 1.22 bits per heavy atom. The Morgan fingerprint density at radius 3 is 2.50 bits per heavy atom. The van der Waals surface area contributed by atoms with Gasteiger partial charge in [0.05, 0.1) is 41.2 Å². The van der Waals surface area contributed by atoms with Crippen molar-refractivity contribution in [3.05, 3.63) is 59.1 Å². The summed E-state index contributed by atoms with van der Waals surface area (Å²) in [6, 6.07) is 3.95. The van der Waals surface area contributed by atoms with Crippen LogP contribution in [0.3, 0.4) is 0 Å². The topological polar surface area (TPSA) is 70.1 Å². The average molecular weight is 433 g/mol. The zero-order chi connectivity index (χ0) is 23.3. The van der Waals surface area contributed by atoms with Crippen LogP contribution in [0.5, 0.6) is 5.75 Å². The molecule has 3 aromatic heterocycles. The van der Waals surface area contributed by atoms with Crippen LogP contribution in [0.1, 0.15) is 12.6 Å². The van der Waals surface area contributed by atoms with Crippen LogP contribution in [0.2, 0.25) is 0 Å². The number of aromatic nitrogens is 5. The number of allylic oxidation sites excluding steroid dienone is 2. The van der Waals surface area contributed by atoms with Crippen molar-refractivity contribution in [3.8, 4) is 16.9 Å². The molecule has 8 nitrogen and oxygen atoms in total. The second-order valence-electron chi connectivity index (χ2n) is 8.30. The fraction of sp³-hybridized carbons (Fsp3) is 0.292. The first kappa shape index (κ1) is 21.4. The van der Waals surface area contributed by atoms with Gasteiger partial charge in [-0.2, -0.15) is 5.10 Å². The highest BCUT2D eigenvalue weighted by Gasteiger charge is 2.21. The summed E-state index contributed by atoms with van der Waals surface area (Å²) in [6.45, 7) is 7.99. The van der Waals surface area contributed by atoms with Crippen LogP contribution in [-0.4, -0.2) is 50.0 Å². The van der Waals surface area contributed by atoms with E-state index in [9.17, 15) is 4.79 Å². The second kappa shape index (κ2) is 7.71. The van der Waals surface area contributed by atoms with E-state index in [4.69, 9.17) is 4.74 Å². The molecule has 0 atom stereocenters. The third kappa shape index (κ3) is 3.28. The fourth-order valence-corrected chi connectivity index (χ4v) is 4.09. The summed E-state index contributed by atoms with van der Waals surface area (Å²) in [6.07, 6.45) is 5.61. The summed E-state index contributed by atoms with van der Waals surface area (Å²) < 4.78 is 10.8. The lowest BCUT2D eigenvalue weighted by Gasteiger charge is -2.15. The third-order valence-corrected chi connectivity index (χ3v) is 5.57. The van der Waals surface area contributed by atoms with E-state index >= 15 is 0 Å². The number of aryl methyl sites for hydroxylation is 3. The van der Waals surface area contributed by atoms with E-state index in [2.05, 4.69) is 16.7 Å². The van der Waals surface area contributed by atoms with Gasteiger partial charge in [0.2, 0.25) is 0 Å². The van der Waals surface area contributed by atoms with E-state index in [1.807, 2.05) is 64.4 Å². The van der Waals surface area contributed by atoms with Crippen LogP contribution in [-0.2, 0) is 14.1 Å². The highest BCUT2D eigenvalue weighted by atomic mass is 16.5. The van der Waals surface area contributed by atoms with E-state index in [0.29, 0.717) is 5.75 Å². The number of nitrogens with zero attached hydrogens (tertiary/aromatic N) is 6. The van der Waals surface area contributed by atoms with Gasteiger partial charge in [-0.1, -0.05) is 6.58 Å². The second-order valence-corrected chi connectivity index (χ2v) is 8.30. The minimum Gasteiger partial charge on any atom is -0.496 e. The number of rotatable bonds is 5. The Hall–Kier alpha value is -3.81. The average Bonchev–Trinajstić information content (AvgIpc) is 3.20. The summed E-state index contributed by atoms with van der Waals surface area (Å²) in [7, 11) is 9.14. The Bertz CT molecular complexity index is 1470. The molecule has 0 aliphatic rings. The van der Waals surface area contributed by atoms with E-state index in [1.165, 1.54) is 0 Å². The number of imidazole rings is 1. The van der Waals surface area contributed by atoms with Gasteiger partial charge in [-0.15, -0.1) is 0 Å². The lowest BCUT2D eigenvalue weighted by molar-refractivity contribution is 0.417. The minimum atomic E-state index is -0.152. The molecule has 0 N–H and O–H groups in total. The monoisotopic (exact) mass is 432 g/mol. The number of fused-ring (bicyclic) bond motifs is 3. The fourth-order valence-electron chi connectivity index (χ4n) is 4.09. The maximum absolute atomic E-state index is 13.4. The smallest absolute Gasteiger partial charge is 0.333 e. The van der Waals surface area contributed by atoms with Crippen LogP contribution < -0.4 is 10.4 Å². The van der Waals surface area contributed by atoms with E-state index in [1.54, 1.807) is 34.2 Å². The van der Waals surface area contributed by atoms with Gasteiger partial charge in [0.1, 0.15) is 5.75 Å². The van der Waals surface area contributed by atoms with E-state index in [-0.39, 0.29) is 5.69 Å². The summed E-state index contributed by atoms with van der Waals surface area (Å²) >= 11 is 0. The normalized spacial score (nSPS) is 12.0. The molecule has 4 aromatic rings. The lowest BCUT2D eigenvalue weighted by Crippen LogP contribution is -2.23. The van der Waals surface area contributed by atoms with Gasteiger partial charge in [0.15, 0.2) is 0 Å². The standard InChI is InChI=1S/C24H28N6O2/c1-14(2)21(13-27(4)5)30-23-17-9-16(18-12-28(6)26-15(18)3)22(32-8)10-19(17)25-11-20(23)29(7)24(30)31/h9-13H,1H2,2-8H3/b21-13+. The van der Waals surface area contributed by atoms with Crippen LogP contribution >= 0.6 is 0 Å². The van der Waals surface area contributed by atoms with Gasteiger partial charge in [-0.3, -0.25) is 18.8 Å². The Balaban J connectivity index is 2.19. The predicted molar refractivity (Wildman–Crippen MR) is 129 cm³/mol. The molecule has 32 heavy (non-hydrogen) atoms. The molecule has 0 spiro atoms. The van der Waals surface area contributed by atoms with Crippen LogP contribution in [0, 0.1) is 6.92 Å². The van der Waals surface area contributed by atoms with Crippen molar-refractivity contribution < 1.29 is 4.74 Å². The van der Waals surface area contributed by atoms with Crippen molar-refractivity contribution in [1.82, 2.24) is 28.8 Å². The van der Waals surface area contributed by atoms with Gasteiger partial charge in [0.25, 0.3) is 0 Å². The predicted octanol–water partition coefficient (Wildman–Crippen LogP) is 3.54. The number of hydrogen-bond donors (Lipinski definition) is 0. The molecule has 0 aliphatic carbocycles. The highest BCUT2D eigenvalue weighted by molar-refractivity contribution is 6.06. The minimum absolute atomic E-state index is 0.152. The number of methoxy groups -OCH3 is 1. The van der Waals surface area contributed by atoms with Crippen molar-refractivity contribution >= 4 is 27.6 Å². The molecule has 166 valence electrons. The molecule has 0 saturated heterocycles. The molecule has 0 amide bonds. The SMILES string of the molecule is C=C(C)/C(=C\N(C)C)n1c(=O)n(C)c2cnc3cc(OC)c(-c4cn(C)nc4C)cc3c21. The van der Waals surface area contributed by atoms with Crippen molar-refractivity contribution in [3.63, 3.8) is 0 Å². The molecule has 4 rings (SSSR count). The van der Waals surface area contributed by atoms with Crippen molar-refractivity contribution in [2.75, 3.05) is 21.2 Å². The molecule has 0 unspecified atom stereocenters. The molecule has 0 bridgehead atoms.